The highest BCUT2D eigenvalue weighted by Crippen LogP contribution is 1.94. The molecular formula is C5H11BrNO+. The van der Waals surface area contributed by atoms with Crippen LogP contribution in [0.4, 0.5) is 0 Å². The van der Waals surface area contributed by atoms with Gasteiger partial charge in [-0.15, -0.1) is 0 Å². The predicted octanol–water partition coefficient (Wildman–Crippen LogP) is 0.614. The number of quaternary nitrogens is 1. The molecule has 0 bridgehead atoms. The minimum absolute atomic E-state index is 0.185. The second-order valence-electron chi connectivity index (χ2n) is 2.54. The van der Waals surface area contributed by atoms with Gasteiger partial charge in [0.05, 0.1) is 21.1 Å². The monoisotopic (exact) mass is 180 g/mol. The lowest BCUT2D eigenvalue weighted by Gasteiger charge is -2.18. The van der Waals surface area contributed by atoms with Gasteiger partial charge >= 0.3 is 5.91 Å². The molecule has 48 valence electrons. The van der Waals surface area contributed by atoms with Crippen molar-refractivity contribution in [2.75, 3.05) is 26.5 Å². The first-order valence-electron chi connectivity index (χ1n) is 2.39. The highest BCUT2D eigenvalue weighted by atomic mass is 79.9. The van der Waals surface area contributed by atoms with Crippen molar-refractivity contribution in [1.82, 2.24) is 0 Å². The largest absolute Gasteiger partial charge is 0.323 e. The number of halogens is 1. The molecule has 0 unspecified atom stereocenters. The molecule has 0 spiro atoms. The van der Waals surface area contributed by atoms with Crippen LogP contribution in [0.25, 0.3) is 0 Å². The Hall–Kier alpha value is 0.110. The van der Waals surface area contributed by atoms with Crippen LogP contribution in [0.15, 0.2) is 0 Å². The summed E-state index contributed by atoms with van der Waals surface area (Å²) in [6.45, 7) is 0. The summed E-state index contributed by atoms with van der Waals surface area (Å²) in [6, 6.07) is 0. The van der Waals surface area contributed by atoms with E-state index in [2.05, 4.69) is 15.9 Å². The van der Waals surface area contributed by atoms with Crippen molar-refractivity contribution in [3.05, 3.63) is 0 Å². The van der Waals surface area contributed by atoms with Gasteiger partial charge in [0.15, 0.2) is 0 Å². The fourth-order valence-electron chi connectivity index (χ4n) is 0.179. The molecule has 0 rings (SSSR count). The smallest absolute Gasteiger partial charge is 0.267 e. The maximum absolute atomic E-state index is 10.8. The Balaban J connectivity index is 3.82. The van der Waals surface area contributed by atoms with Crippen LogP contribution in [0, 0.1) is 0 Å². The quantitative estimate of drug-likeness (QED) is 0.428. The summed E-state index contributed by atoms with van der Waals surface area (Å²) >= 11 is 3.09. The van der Waals surface area contributed by atoms with Gasteiger partial charge in [-0.1, -0.05) is 15.9 Å². The van der Waals surface area contributed by atoms with E-state index in [1.54, 1.807) is 0 Å². The Labute approximate surface area is 58.2 Å². The van der Waals surface area contributed by atoms with Gasteiger partial charge in [0.1, 0.15) is 5.33 Å². The molecule has 0 saturated carbocycles. The van der Waals surface area contributed by atoms with Crippen molar-refractivity contribution in [3.63, 3.8) is 0 Å². The molecule has 0 fully saturated rings. The van der Waals surface area contributed by atoms with Crippen LogP contribution in [0.5, 0.6) is 0 Å². The molecule has 0 radical (unpaired) electrons. The summed E-state index contributed by atoms with van der Waals surface area (Å²) < 4.78 is 0.394. The molecule has 0 atom stereocenters. The van der Waals surface area contributed by atoms with E-state index in [4.69, 9.17) is 0 Å². The van der Waals surface area contributed by atoms with E-state index in [0.717, 1.165) is 0 Å². The minimum Gasteiger partial charge on any atom is -0.267 e. The summed E-state index contributed by atoms with van der Waals surface area (Å²) in [7, 11) is 5.55. The molecule has 0 N–H and O–H groups in total. The van der Waals surface area contributed by atoms with Gasteiger partial charge in [0.25, 0.3) is 0 Å². The predicted molar refractivity (Wildman–Crippen MR) is 36.8 cm³/mol. The molecule has 8 heavy (non-hydrogen) atoms. The fraction of sp³-hybridized carbons (Fsp3) is 0.800. The molecular weight excluding hydrogens is 170 g/mol. The Morgan fingerprint density at radius 2 is 1.88 bits per heavy atom. The Morgan fingerprint density at radius 1 is 1.50 bits per heavy atom. The second-order valence-corrected chi connectivity index (χ2v) is 3.10. The SMILES string of the molecule is C[N+](C)(C)C(=O)CBr. The lowest BCUT2D eigenvalue weighted by molar-refractivity contribution is -0.790. The summed E-state index contributed by atoms with van der Waals surface area (Å²) in [5.41, 5.74) is 0. The third-order valence-corrected chi connectivity index (χ3v) is 1.34. The zero-order valence-electron chi connectivity index (χ0n) is 5.44. The Bertz CT molecular complexity index is 95.1. The zero-order valence-corrected chi connectivity index (χ0v) is 7.03. The van der Waals surface area contributed by atoms with Crippen molar-refractivity contribution in [2.45, 2.75) is 0 Å². The van der Waals surface area contributed by atoms with Crippen molar-refractivity contribution < 1.29 is 9.28 Å². The van der Waals surface area contributed by atoms with E-state index in [0.29, 0.717) is 9.81 Å². The number of alkyl halides is 1. The normalized spacial score (nSPS) is 11.5. The second kappa shape index (κ2) is 2.60. The topological polar surface area (TPSA) is 17.1 Å². The van der Waals surface area contributed by atoms with Gasteiger partial charge in [0, 0.05) is 0 Å². The van der Waals surface area contributed by atoms with Crippen LogP contribution in [0.3, 0.4) is 0 Å². The van der Waals surface area contributed by atoms with Crippen molar-refractivity contribution in [2.24, 2.45) is 0 Å². The van der Waals surface area contributed by atoms with Gasteiger partial charge in [-0.3, -0.25) is 4.48 Å². The number of rotatable bonds is 1. The molecule has 1 amide bonds. The van der Waals surface area contributed by atoms with Crippen LogP contribution in [-0.2, 0) is 4.79 Å². The summed E-state index contributed by atoms with van der Waals surface area (Å²) in [4.78, 5) is 10.8. The molecule has 0 heterocycles. The van der Waals surface area contributed by atoms with E-state index >= 15 is 0 Å². The molecule has 3 heteroatoms. The van der Waals surface area contributed by atoms with Crippen LogP contribution in [-0.4, -0.2) is 36.9 Å². The number of hydrogen-bond donors (Lipinski definition) is 0. The summed E-state index contributed by atoms with van der Waals surface area (Å²) in [5.74, 6) is 0.185. The molecule has 0 aliphatic rings. The van der Waals surface area contributed by atoms with Crippen LogP contribution in [0.2, 0.25) is 0 Å². The highest BCUT2D eigenvalue weighted by molar-refractivity contribution is 9.09. The van der Waals surface area contributed by atoms with Gasteiger partial charge in [-0.2, -0.15) is 0 Å². The van der Waals surface area contributed by atoms with Gasteiger partial charge in [-0.25, -0.2) is 4.79 Å². The van der Waals surface area contributed by atoms with E-state index in [1.807, 2.05) is 21.1 Å². The third-order valence-electron chi connectivity index (χ3n) is 0.863. The summed E-state index contributed by atoms with van der Waals surface area (Å²) in [6.07, 6.45) is 0. The fourth-order valence-corrected chi connectivity index (χ4v) is 0.932. The standard InChI is InChI=1S/C5H11BrNO/c1-7(2,3)5(8)4-6/h4H2,1-3H3/q+1. The first-order chi connectivity index (χ1) is 3.48. The van der Waals surface area contributed by atoms with Gasteiger partial charge < -0.3 is 0 Å². The molecule has 0 aromatic rings. The highest BCUT2D eigenvalue weighted by Gasteiger charge is 2.17. The number of hydrogen-bond acceptors (Lipinski definition) is 1. The molecule has 0 saturated heterocycles. The number of carbonyl (C=O) groups excluding carboxylic acids is 1. The molecule has 0 aromatic carbocycles. The van der Waals surface area contributed by atoms with Gasteiger partial charge in [0.2, 0.25) is 0 Å². The first kappa shape index (κ1) is 8.11. The van der Waals surface area contributed by atoms with E-state index < -0.39 is 0 Å². The zero-order chi connectivity index (χ0) is 6.78. The molecule has 0 aliphatic heterocycles. The lowest BCUT2D eigenvalue weighted by Crippen LogP contribution is -2.41. The number of amides is 1. The van der Waals surface area contributed by atoms with Crippen molar-refractivity contribution >= 4 is 21.8 Å². The maximum Gasteiger partial charge on any atom is 0.323 e. The van der Waals surface area contributed by atoms with Crippen LogP contribution in [0.1, 0.15) is 0 Å². The van der Waals surface area contributed by atoms with Crippen LogP contribution >= 0.6 is 15.9 Å². The number of nitrogens with zero attached hydrogens (tertiary/aromatic N) is 1. The molecule has 2 nitrogen and oxygen atoms in total. The van der Waals surface area contributed by atoms with Crippen molar-refractivity contribution in [3.8, 4) is 0 Å². The van der Waals surface area contributed by atoms with Crippen molar-refractivity contribution in [1.29, 1.82) is 0 Å². The van der Waals surface area contributed by atoms with Gasteiger partial charge in [-0.05, 0) is 0 Å². The maximum atomic E-state index is 10.8. The average Bonchev–Trinajstić information content (AvgIpc) is 1.62. The summed E-state index contributed by atoms with van der Waals surface area (Å²) in [5, 5.41) is 0.441. The lowest BCUT2D eigenvalue weighted by atomic mass is 10.5. The van der Waals surface area contributed by atoms with E-state index in [9.17, 15) is 4.79 Å². The van der Waals surface area contributed by atoms with E-state index in [-0.39, 0.29) is 5.91 Å². The minimum atomic E-state index is 0.185. The van der Waals surface area contributed by atoms with Crippen LogP contribution < -0.4 is 0 Å². The average molecular weight is 181 g/mol. The third kappa shape index (κ3) is 2.43. The Morgan fingerprint density at radius 3 is 1.88 bits per heavy atom. The molecule has 0 aliphatic carbocycles. The Kier molecular flexibility index (Phi) is 2.63. The molecule has 0 aromatic heterocycles. The first-order valence-corrected chi connectivity index (χ1v) is 3.51. The number of carbonyl (C=O) groups is 1. The van der Waals surface area contributed by atoms with E-state index in [1.165, 1.54) is 0 Å².